The topological polar surface area (TPSA) is 105 Å². The van der Waals surface area contributed by atoms with Crippen LogP contribution in [0.15, 0.2) is 12.7 Å². The van der Waals surface area contributed by atoms with E-state index < -0.39 is 23.3 Å². The van der Waals surface area contributed by atoms with Gasteiger partial charge < -0.3 is 20.5 Å². The van der Waals surface area contributed by atoms with Gasteiger partial charge in [-0.3, -0.25) is 9.59 Å². The van der Waals surface area contributed by atoms with Gasteiger partial charge in [0.25, 0.3) is 0 Å². The number of carbonyl (C=O) groups is 3. The first-order valence-corrected chi connectivity index (χ1v) is 6.67. The Morgan fingerprint density at radius 2 is 1.95 bits per heavy atom. The SMILES string of the molecule is C=CCOCC(NC(=O)CCNC(=O)C(C)(C)C)C(=O)O. The first-order chi connectivity index (χ1) is 9.68. The number of hydrogen-bond donors (Lipinski definition) is 3. The van der Waals surface area contributed by atoms with E-state index in [1.165, 1.54) is 6.08 Å². The maximum atomic E-state index is 11.6. The molecule has 0 spiro atoms. The van der Waals surface area contributed by atoms with Gasteiger partial charge >= 0.3 is 5.97 Å². The summed E-state index contributed by atoms with van der Waals surface area (Å²) in [6.45, 7) is 8.96. The van der Waals surface area contributed by atoms with Crippen molar-refractivity contribution < 1.29 is 24.2 Å². The molecule has 0 saturated heterocycles. The van der Waals surface area contributed by atoms with Crippen molar-refractivity contribution in [2.45, 2.75) is 33.2 Å². The van der Waals surface area contributed by atoms with Gasteiger partial charge in [0.05, 0.1) is 13.2 Å². The molecule has 3 N–H and O–H groups in total. The standard InChI is InChI=1S/C14H24N2O5/c1-5-8-21-9-10(12(18)19)16-11(17)6-7-15-13(20)14(2,3)4/h5,10H,1,6-9H2,2-4H3,(H,15,20)(H,16,17)(H,18,19). The van der Waals surface area contributed by atoms with E-state index in [-0.39, 0.29) is 32.1 Å². The molecule has 120 valence electrons. The average Bonchev–Trinajstić information content (AvgIpc) is 2.36. The number of aliphatic carboxylic acids is 1. The predicted octanol–water partition coefficient (Wildman–Crippen LogP) is 0.311. The van der Waals surface area contributed by atoms with Crippen molar-refractivity contribution in [1.29, 1.82) is 0 Å². The molecule has 0 radical (unpaired) electrons. The van der Waals surface area contributed by atoms with E-state index in [2.05, 4.69) is 17.2 Å². The summed E-state index contributed by atoms with van der Waals surface area (Å²) in [5.74, 6) is -1.80. The van der Waals surface area contributed by atoms with Gasteiger partial charge in [0.2, 0.25) is 11.8 Å². The molecule has 1 unspecified atom stereocenters. The fraction of sp³-hybridized carbons (Fsp3) is 0.643. The highest BCUT2D eigenvalue weighted by Gasteiger charge is 2.22. The minimum atomic E-state index is -1.17. The first-order valence-electron chi connectivity index (χ1n) is 6.67. The summed E-state index contributed by atoms with van der Waals surface area (Å²) in [4.78, 5) is 34.2. The fourth-order valence-corrected chi connectivity index (χ4v) is 1.27. The van der Waals surface area contributed by atoms with Crippen LogP contribution in [0.4, 0.5) is 0 Å². The van der Waals surface area contributed by atoms with E-state index in [4.69, 9.17) is 9.84 Å². The summed E-state index contributed by atoms with van der Waals surface area (Å²) in [5, 5.41) is 13.9. The van der Waals surface area contributed by atoms with E-state index in [1.807, 2.05) is 0 Å². The lowest BCUT2D eigenvalue weighted by Gasteiger charge is -2.18. The molecule has 0 aromatic rings. The Kier molecular flexibility index (Phi) is 8.30. The summed E-state index contributed by atoms with van der Waals surface area (Å²) in [6.07, 6.45) is 1.50. The summed E-state index contributed by atoms with van der Waals surface area (Å²) in [6, 6.07) is -1.12. The lowest BCUT2D eigenvalue weighted by molar-refractivity contribution is -0.143. The van der Waals surface area contributed by atoms with Gasteiger partial charge in [0.1, 0.15) is 0 Å². The maximum Gasteiger partial charge on any atom is 0.328 e. The zero-order valence-corrected chi connectivity index (χ0v) is 12.8. The average molecular weight is 300 g/mol. The zero-order valence-electron chi connectivity index (χ0n) is 12.8. The Morgan fingerprint density at radius 1 is 1.33 bits per heavy atom. The van der Waals surface area contributed by atoms with Crippen molar-refractivity contribution in [2.75, 3.05) is 19.8 Å². The van der Waals surface area contributed by atoms with E-state index in [0.29, 0.717) is 0 Å². The lowest BCUT2D eigenvalue weighted by atomic mass is 9.96. The van der Waals surface area contributed by atoms with Crippen molar-refractivity contribution in [1.82, 2.24) is 10.6 Å². The Labute approximate surface area is 124 Å². The van der Waals surface area contributed by atoms with Gasteiger partial charge in [0, 0.05) is 18.4 Å². The highest BCUT2D eigenvalue weighted by Crippen LogP contribution is 2.11. The molecule has 0 aliphatic rings. The number of rotatable bonds is 9. The molecule has 7 heteroatoms. The van der Waals surface area contributed by atoms with Gasteiger partial charge in [-0.05, 0) is 0 Å². The molecule has 0 saturated carbocycles. The predicted molar refractivity (Wildman–Crippen MR) is 77.7 cm³/mol. The molecule has 0 aromatic carbocycles. The quantitative estimate of drug-likeness (QED) is 0.420. The molecule has 0 bridgehead atoms. The van der Waals surface area contributed by atoms with Crippen LogP contribution >= 0.6 is 0 Å². The van der Waals surface area contributed by atoms with Gasteiger partial charge in [-0.25, -0.2) is 4.79 Å². The smallest absolute Gasteiger partial charge is 0.328 e. The summed E-state index contributed by atoms with van der Waals surface area (Å²) >= 11 is 0. The molecule has 0 aliphatic heterocycles. The van der Waals surface area contributed by atoms with Crippen molar-refractivity contribution in [3.63, 3.8) is 0 Å². The van der Waals surface area contributed by atoms with Gasteiger partial charge in [0.15, 0.2) is 6.04 Å². The Hall–Kier alpha value is -1.89. The minimum absolute atomic E-state index is 0.00700. The van der Waals surface area contributed by atoms with Crippen LogP contribution in [0.3, 0.4) is 0 Å². The fourth-order valence-electron chi connectivity index (χ4n) is 1.27. The van der Waals surface area contributed by atoms with Crippen LogP contribution in [0.1, 0.15) is 27.2 Å². The van der Waals surface area contributed by atoms with Crippen LogP contribution in [-0.2, 0) is 19.1 Å². The molecule has 0 rings (SSSR count). The molecule has 0 aliphatic carbocycles. The van der Waals surface area contributed by atoms with E-state index in [9.17, 15) is 14.4 Å². The number of amides is 2. The molecular weight excluding hydrogens is 276 g/mol. The maximum absolute atomic E-state index is 11.6. The van der Waals surface area contributed by atoms with Crippen molar-refractivity contribution in [3.05, 3.63) is 12.7 Å². The molecule has 1 atom stereocenters. The summed E-state index contributed by atoms with van der Waals surface area (Å²) in [5.41, 5.74) is -0.529. The molecule has 0 heterocycles. The minimum Gasteiger partial charge on any atom is -0.480 e. The Morgan fingerprint density at radius 3 is 2.43 bits per heavy atom. The monoisotopic (exact) mass is 300 g/mol. The molecule has 2 amide bonds. The number of nitrogens with one attached hydrogen (secondary N) is 2. The third kappa shape index (κ3) is 8.80. The van der Waals surface area contributed by atoms with Crippen LogP contribution in [0.5, 0.6) is 0 Å². The van der Waals surface area contributed by atoms with Crippen LogP contribution in [0.25, 0.3) is 0 Å². The normalized spacial score (nSPS) is 12.3. The lowest BCUT2D eigenvalue weighted by Crippen LogP contribution is -2.45. The second-order valence-electron chi connectivity index (χ2n) is 5.54. The molecular formula is C14H24N2O5. The number of carbonyl (C=O) groups excluding carboxylic acids is 2. The third-order valence-electron chi connectivity index (χ3n) is 2.47. The second kappa shape index (κ2) is 9.12. The first kappa shape index (κ1) is 19.1. The van der Waals surface area contributed by atoms with Gasteiger partial charge in [-0.2, -0.15) is 0 Å². The van der Waals surface area contributed by atoms with Crippen molar-refractivity contribution in [3.8, 4) is 0 Å². The van der Waals surface area contributed by atoms with E-state index in [1.54, 1.807) is 20.8 Å². The van der Waals surface area contributed by atoms with Crippen LogP contribution in [0.2, 0.25) is 0 Å². The van der Waals surface area contributed by atoms with E-state index >= 15 is 0 Å². The van der Waals surface area contributed by atoms with Crippen LogP contribution < -0.4 is 10.6 Å². The molecule has 0 fully saturated rings. The number of hydrogen-bond acceptors (Lipinski definition) is 4. The van der Waals surface area contributed by atoms with E-state index in [0.717, 1.165) is 0 Å². The van der Waals surface area contributed by atoms with Crippen LogP contribution in [0, 0.1) is 5.41 Å². The van der Waals surface area contributed by atoms with Crippen molar-refractivity contribution in [2.24, 2.45) is 5.41 Å². The summed E-state index contributed by atoms with van der Waals surface area (Å²) < 4.78 is 5.01. The molecule has 21 heavy (non-hydrogen) atoms. The van der Waals surface area contributed by atoms with Gasteiger partial charge in [-0.1, -0.05) is 26.8 Å². The molecule has 0 aromatic heterocycles. The number of carboxylic acids is 1. The highest BCUT2D eigenvalue weighted by atomic mass is 16.5. The highest BCUT2D eigenvalue weighted by molar-refractivity contribution is 5.85. The Balaban J connectivity index is 4.12. The summed E-state index contributed by atoms with van der Waals surface area (Å²) in [7, 11) is 0. The molecule has 7 nitrogen and oxygen atoms in total. The zero-order chi connectivity index (χ0) is 16.5. The number of carboxylic acid groups (broad SMARTS) is 1. The second-order valence-corrected chi connectivity index (χ2v) is 5.54. The largest absolute Gasteiger partial charge is 0.480 e. The Bertz CT molecular complexity index is 387. The van der Waals surface area contributed by atoms with Gasteiger partial charge in [-0.15, -0.1) is 6.58 Å². The van der Waals surface area contributed by atoms with Crippen LogP contribution in [-0.4, -0.2) is 48.7 Å². The van der Waals surface area contributed by atoms with Crippen molar-refractivity contribution >= 4 is 17.8 Å². The number of ether oxygens (including phenoxy) is 1. The third-order valence-corrected chi connectivity index (χ3v) is 2.47.